The molecule has 0 saturated carbocycles. The summed E-state index contributed by atoms with van der Waals surface area (Å²) >= 11 is 0. The Hall–Kier alpha value is -1.35. The van der Waals surface area contributed by atoms with E-state index >= 15 is 0 Å². The van der Waals surface area contributed by atoms with Gasteiger partial charge in [-0.2, -0.15) is 0 Å². The molecule has 0 unspecified atom stereocenters. The SMILES string of the molecule is CC.CN=C=O.CNC(=O)NC. The Bertz CT molecular complexity index is 125. The van der Waals surface area contributed by atoms with Gasteiger partial charge in [0.15, 0.2) is 0 Å². The molecule has 0 aliphatic heterocycles. The van der Waals surface area contributed by atoms with Crippen molar-refractivity contribution in [2.75, 3.05) is 21.1 Å². The van der Waals surface area contributed by atoms with Crippen LogP contribution < -0.4 is 10.6 Å². The highest BCUT2D eigenvalue weighted by Gasteiger charge is 1.81. The van der Waals surface area contributed by atoms with Gasteiger partial charge in [-0.3, -0.25) is 0 Å². The first-order valence-electron chi connectivity index (χ1n) is 3.58. The van der Waals surface area contributed by atoms with Gasteiger partial charge in [-0.25, -0.2) is 14.6 Å². The number of hydrogen-bond acceptors (Lipinski definition) is 3. The van der Waals surface area contributed by atoms with Crippen LogP contribution in [0, 0.1) is 0 Å². The van der Waals surface area contributed by atoms with Crippen molar-refractivity contribution >= 4 is 12.1 Å². The minimum atomic E-state index is -0.157. The van der Waals surface area contributed by atoms with Gasteiger partial charge in [0, 0.05) is 21.1 Å². The van der Waals surface area contributed by atoms with Crippen molar-refractivity contribution in [3.8, 4) is 0 Å². The van der Waals surface area contributed by atoms with E-state index in [1.165, 1.54) is 13.1 Å². The highest BCUT2D eigenvalue weighted by atomic mass is 16.2. The van der Waals surface area contributed by atoms with Crippen LogP contribution in [0.4, 0.5) is 4.79 Å². The second-order valence-electron chi connectivity index (χ2n) is 1.14. The fourth-order valence-corrected chi connectivity index (χ4v) is 0.125. The molecule has 2 N–H and O–H groups in total. The number of aliphatic imine (C=N–C) groups is 1. The van der Waals surface area contributed by atoms with Crippen LogP contribution in [0.5, 0.6) is 0 Å². The third-order valence-corrected chi connectivity index (χ3v) is 0.545. The fraction of sp³-hybridized carbons (Fsp3) is 0.714. The van der Waals surface area contributed by atoms with E-state index in [0.717, 1.165) is 0 Å². The number of carbonyl (C=O) groups is 1. The molecule has 0 aromatic rings. The molecule has 0 rings (SSSR count). The summed E-state index contributed by atoms with van der Waals surface area (Å²) < 4.78 is 0. The van der Waals surface area contributed by atoms with Crippen molar-refractivity contribution in [3.63, 3.8) is 0 Å². The van der Waals surface area contributed by atoms with Crippen LogP contribution in [0.1, 0.15) is 13.8 Å². The van der Waals surface area contributed by atoms with Crippen LogP contribution >= 0.6 is 0 Å². The van der Waals surface area contributed by atoms with E-state index < -0.39 is 0 Å². The molecule has 0 atom stereocenters. The molecule has 5 heteroatoms. The van der Waals surface area contributed by atoms with Crippen molar-refractivity contribution < 1.29 is 9.59 Å². The molecule has 72 valence electrons. The van der Waals surface area contributed by atoms with Gasteiger partial charge in [-0.05, 0) is 0 Å². The molecule has 2 amide bonds. The van der Waals surface area contributed by atoms with Crippen LogP contribution in [0.25, 0.3) is 0 Å². The smallest absolute Gasteiger partial charge is 0.314 e. The molecule has 0 aromatic carbocycles. The first kappa shape index (κ1) is 16.9. The van der Waals surface area contributed by atoms with Gasteiger partial charge in [-0.15, -0.1) is 0 Å². The molecule has 0 saturated heterocycles. The topological polar surface area (TPSA) is 70.6 Å². The molecule has 0 aromatic heterocycles. The number of hydrogen-bond donors (Lipinski definition) is 2. The lowest BCUT2D eigenvalue weighted by atomic mass is 11.0. The van der Waals surface area contributed by atoms with Gasteiger partial charge in [0.2, 0.25) is 6.08 Å². The molecule has 0 aliphatic carbocycles. The monoisotopic (exact) mass is 175 g/mol. The predicted octanol–water partition coefficient (Wildman–Crippen LogP) is 0.523. The molecule has 0 fully saturated rings. The summed E-state index contributed by atoms with van der Waals surface area (Å²) in [7, 11) is 4.52. The number of nitrogens with one attached hydrogen (secondary N) is 2. The van der Waals surface area contributed by atoms with E-state index in [9.17, 15) is 4.79 Å². The van der Waals surface area contributed by atoms with Crippen LogP contribution in [-0.2, 0) is 4.79 Å². The zero-order valence-corrected chi connectivity index (χ0v) is 8.26. The maximum absolute atomic E-state index is 9.96. The number of urea groups is 1. The minimum absolute atomic E-state index is 0.157. The lowest BCUT2D eigenvalue weighted by Gasteiger charge is -1.91. The maximum atomic E-state index is 9.96. The van der Waals surface area contributed by atoms with Gasteiger partial charge in [0.1, 0.15) is 0 Å². The zero-order valence-electron chi connectivity index (χ0n) is 8.26. The van der Waals surface area contributed by atoms with E-state index in [0.29, 0.717) is 0 Å². The largest absolute Gasteiger partial charge is 0.341 e. The molecule has 0 heterocycles. The van der Waals surface area contributed by atoms with Crippen molar-refractivity contribution in [1.82, 2.24) is 10.6 Å². The number of isocyanates is 1. The van der Waals surface area contributed by atoms with Gasteiger partial charge >= 0.3 is 6.03 Å². The lowest BCUT2D eigenvalue weighted by molar-refractivity contribution is 0.245. The average Bonchev–Trinajstić information content (AvgIpc) is 2.20. The Morgan fingerprint density at radius 2 is 1.50 bits per heavy atom. The fourth-order valence-electron chi connectivity index (χ4n) is 0.125. The first-order chi connectivity index (χ1) is 5.72. The van der Waals surface area contributed by atoms with Crippen LogP contribution in [0.3, 0.4) is 0 Å². The highest BCUT2D eigenvalue weighted by Crippen LogP contribution is 1.48. The Morgan fingerprint density at radius 1 is 1.25 bits per heavy atom. The van der Waals surface area contributed by atoms with E-state index in [4.69, 9.17) is 4.79 Å². The van der Waals surface area contributed by atoms with Gasteiger partial charge < -0.3 is 10.6 Å². The minimum Gasteiger partial charge on any atom is -0.341 e. The quantitative estimate of drug-likeness (QED) is 0.416. The second-order valence-corrected chi connectivity index (χ2v) is 1.14. The van der Waals surface area contributed by atoms with Gasteiger partial charge in [-0.1, -0.05) is 13.8 Å². The number of amides is 2. The standard InChI is InChI=1S/C3H8N2O.C2H3NO.C2H6/c1-4-3(6)5-2;1-3-2-4;1-2/h1-2H3,(H2,4,5,6);1H3;1-2H3. The van der Waals surface area contributed by atoms with Crippen molar-refractivity contribution in [2.45, 2.75) is 13.8 Å². The Morgan fingerprint density at radius 3 is 1.50 bits per heavy atom. The van der Waals surface area contributed by atoms with E-state index in [1.54, 1.807) is 14.1 Å². The molecular weight excluding hydrogens is 158 g/mol. The molecule has 0 aliphatic rings. The second kappa shape index (κ2) is 22.6. The normalized spacial score (nSPS) is 5.42. The number of nitrogens with zero attached hydrogens (tertiary/aromatic N) is 1. The molecular formula is C7H17N3O2. The van der Waals surface area contributed by atoms with Crippen molar-refractivity contribution in [2.24, 2.45) is 4.99 Å². The molecule has 5 nitrogen and oxygen atoms in total. The van der Waals surface area contributed by atoms with Crippen LogP contribution in [0.2, 0.25) is 0 Å². The lowest BCUT2D eigenvalue weighted by Crippen LogP contribution is -2.28. The summed E-state index contributed by atoms with van der Waals surface area (Å²) in [5.74, 6) is 0. The van der Waals surface area contributed by atoms with E-state index in [-0.39, 0.29) is 6.03 Å². The van der Waals surface area contributed by atoms with E-state index in [1.807, 2.05) is 13.8 Å². The Labute approximate surface area is 73.3 Å². The summed E-state index contributed by atoms with van der Waals surface area (Å²) in [5, 5.41) is 4.73. The molecule has 0 bridgehead atoms. The maximum Gasteiger partial charge on any atom is 0.314 e. The van der Waals surface area contributed by atoms with Gasteiger partial charge in [0.05, 0.1) is 0 Å². The summed E-state index contributed by atoms with van der Waals surface area (Å²) in [6, 6.07) is -0.157. The highest BCUT2D eigenvalue weighted by molar-refractivity contribution is 5.72. The summed E-state index contributed by atoms with van der Waals surface area (Å²) in [5.41, 5.74) is 0. The third-order valence-electron chi connectivity index (χ3n) is 0.545. The molecule has 12 heavy (non-hydrogen) atoms. The Balaban J connectivity index is -0.000000118. The Kier molecular flexibility index (Phi) is 31.9. The summed E-state index contributed by atoms with van der Waals surface area (Å²) in [6.45, 7) is 4.00. The zero-order chi connectivity index (χ0) is 10.4. The van der Waals surface area contributed by atoms with Crippen molar-refractivity contribution in [3.05, 3.63) is 0 Å². The number of carbonyl (C=O) groups excluding carboxylic acids is 2. The first-order valence-corrected chi connectivity index (χ1v) is 3.58. The third kappa shape index (κ3) is 38.0. The van der Waals surface area contributed by atoms with Crippen LogP contribution in [-0.4, -0.2) is 33.3 Å². The summed E-state index contributed by atoms with van der Waals surface area (Å²) in [4.78, 5) is 21.8. The van der Waals surface area contributed by atoms with Crippen molar-refractivity contribution in [1.29, 1.82) is 0 Å². The van der Waals surface area contributed by atoms with Gasteiger partial charge in [0.25, 0.3) is 0 Å². The predicted molar refractivity (Wildman–Crippen MR) is 48.9 cm³/mol. The van der Waals surface area contributed by atoms with E-state index in [2.05, 4.69) is 15.6 Å². The number of rotatable bonds is 0. The van der Waals surface area contributed by atoms with Crippen LogP contribution in [0.15, 0.2) is 4.99 Å². The summed E-state index contributed by atoms with van der Waals surface area (Å²) in [6.07, 6.45) is 1.31. The molecule has 0 spiro atoms. The average molecular weight is 175 g/mol. The molecule has 0 radical (unpaired) electrons.